The number of hydrogen-bond donors (Lipinski definition) is 3. The monoisotopic (exact) mass is 268 g/mol. The van der Waals surface area contributed by atoms with Crippen LogP contribution in [0.1, 0.15) is 41.2 Å². The molecule has 1 fully saturated rings. The Labute approximate surface area is 111 Å². The fourth-order valence-electron chi connectivity index (χ4n) is 2.39. The van der Waals surface area contributed by atoms with Gasteiger partial charge in [0.25, 0.3) is 5.91 Å². The first-order valence-corrected chi connectivity index (χ1v) is 7.24. The number of thiazole rings is 1. The predicted octanol–water partition coefficient (Wildman–Crippen LogP) is 0.646. The Hall–Kier alpha value is -0.980. The Bertz CT molecular complexity index is 412. The molecule has 0 spiro atoms. The number of nitrogens with two attached hydrogens (primary N) is 2. The number of amides is 1. The van der Waals surface area contributed by atoms with E-state index in [1.54, 1.807) is 5.38 Å². The summed E-state index contributed by atoms with van der Waals surface area (Å²) in [6, 6.07) is 0. The number of nitrogens with zero attached hydrogens (tertiary/aromatic N) is 1. The first kappa shape index (κ1) is 13.5. The topological polar surface area (TPSA) is 94.0 Å². The Morgan fingerprint density at radius 3 is 2.78 bits per heavy atom. The molecule has 6 heteroatoms. The summed E-state index contributed by atoms with van der Waals surface area (Å²) in [5.41, 5.74) is 11.5. The van der Waals surface area contributed by atoms with Crippen LogP contribution >= 0.6 is 11.3 Å². The van der Waals surface area contributed by atoms with E-state index in [0.717, 1.165) is 37.1 Å². The minimum absolute atomic E-state index is 0.109. The van der Waals surface area contributed by atoms with Crippen LogP contribution < -0.4 is 16.8 Å². The first-order valence-electron chi connectivity index (χ1n) is 6.36. The van der Waals surface area contributed by atoms with E-state index in [4.69, 9.17) is 11.5 Å². The second-order valence-corrected chi connectivity index (χ2v) is 5.75. The van der Waals surface area contributed by atoms with Gasteiger partial charge in [-0.05, 0) is 19.4 Å². The summed E-state index contributed by atoms with van der Waals surface area (Å²) in [5.74, 6) is -0.109. The zero-order valence-electron chi connectivity index (χ0n) is 10.4. The number of nitrogens with one attached hydrogen (secondary N) is 1. The lowest BCUT2D eigenvalue weighted by Gasteiger charge is -2.28. The van der Waals surface area contributed by atoms with Crippen LogP contribution in [-0.4, -0.2) is 29.5 Å². The maximum absolute atomic E-state index is 12.1. The molecule has 0 unspecified atom stereocenters. The van der Waals surface area contributed by atoms with Crippen LogP contribution in [0.2, 0.25) is 0 Å². The SMILES string of the molecule is NCCc1nc(C(=O)NC2(CN)CCCC2)cs1. The molecule has 0 bridgehead atoms. The number of carbonyl (C=O) groups excluding carboxylic acids is 1. The molecule has 1 aliphatic carbocycles. The van der Waals surface area contributed by atoms with Gasteiger partial charge in [0, 0.05) is 18.3 Å². The van der Waals surface area contributed by atoms with Crippen molar-refractivity contribution in [2.45, 2.75) is 37.6 Å². The number of hydrogen-bond acceptors (Lipinski definition) is 5. The standard InChI is InChI=1S/C12H20N4OS/c13-6-3-10-15-9(7-18-10)11(17)16-12(8-14)4-1-2-5-12/h7H,1-6,8,13-14H2,(H,16,17). The van der Waals surface area contributed by atoms with Gasteiger partial charge in [0.2, 0.25) is 0 Å². The van der Waals surface area contributed by atoms with Crippen LogP contribution in [-0.2, 0) is 6.42 Å². The van der Waals surface area contributed by atoms with Crippen molar-refractivity contribution in [2.75, 3.05) is 13.1 Å². The third-order valence-corrected chi connectivity index (χ3v) is 4.38. The van der Waals surface area contributed by atoms with Gasteiger partial charge in [-0.15, -0.1) is 11.3 Å². The number of rotatable bonds is 5. The second-order valence-electron chi connectivity index (χ2n) is 4.81. The summed E-state index contributed by atoms with van der Waals surface area (Å²) >= 11 is 1.48. The molecule has 0 aromatic carbocycles. The summed E-state index contributed by atoms with van der Waals surface area (Å²) in [7, 11) is 0. The van der Waals surface area contributed by atoms with E-state index in [0.29, 0.717) is 18.8 Å². The van der Waals surface area contributed by atoms with E-state index < -0.39 is 0 Å². The normalized spacial score (nSPS) is 17.9. The van der Waals surface area contributed by atoms with Crippen molar-refractivity contribution in [1.82, 2.24) is 10.3 Å². The third-order valence-electron chi connectivity index (χ3n) is 3.47. The van der Waals surface area contributed by atoms with Crippen LogP contribution in [0.3, 0.4) is 0 Å². The van der Waals surface area contributed by atoms with E-state index in [-0.39, 0.29) is 11.4 Å². The highest BCUT2D eigenvalue weighted by molar-refractivity contribution is 7.09. The summed E-state index contributed by atoms with van der Waals surface area (Å²) < 4.78 is 0. The minimum atomic E-state index is -0.214. The van der Waals surface area contributed by atoms with Crippen LogP contribution in [0.15, 0.2) is 5.38 Å². The molecular weight excluding hydrogens is 248 g/mol. The molecule has 1 saturated carbocycles. The summed E-state index contributed by atoms with van der Waals surface area (Å²) in [4.78, 5) is 16.4. The lowest BCUT2D eigenvalue weighted by Crippen LogP contribution is -2.51. The number of aromatic nitrogens is 1. The van der Waals surface area contributed by atoms with Gasteiger partial charge in [0.1, 0.15) is 5.69 Å². The third kappa shape index (κ3) is 2.88. The molecular formula is C12H20N4OS. The van der Waals surface area contributed by atoms with Gasteiger partial charge in [-0.25, -0.2) is 4.98 Å². The van der Waals surface area contributed by atoms with E-state index >= 15 is 0 Å². The van der Waals surface area contributed by atoms with E-state index in [9.17, 15) is 4.79 Å². The second kappa shape index (κ2) is 5.77. The van der Waals surface area contributed by atoms with Crippen LogP contribution in [0.25, 0.3) is 0 Å². The average molecular weight is 268 g/mol. The molecule has 1 heterocycles. The lowest BCUT2D eigenvalue weighted by atomic mass is 9.98. The van der Waals surface area contributed by atoms with Crippen LogP contribution in [0.5, 0.6) is 0 Å². The molecule has 100 valence electrons. The quantitative estimate of drug-likeness (QED) is 0.730. The Balaban J connectivity index is 2.02. The average Bonchev–Trinajstić information content (AvgIpc) is 2.99. The molecule has 5 N–H and O–H groups in total. The predicted molar refractivity (Wildman–Crippen MR) is 72.6 cm³/mol. The van der Waals surface area contributed by atoms with Gasteiger partial charge < -0.3 is 16.8 Å². The highest BCUT2D eigenvalue weighted by Crippen LogP contribution is 2.29. The maximum atomic E-state index is 12.1. The van der Waals surface area contributed by atoms with Gasteiger partial charge in [-0.3, -0.25) is 4.79 Å². The summed E-state index contributed by atoms with van der Waals surface area (Å²) in [5, 5.41) is 5.77. The Morgan fingerprint density at radius 1 is 1.44 bits per heavy atom. The highest BCUT2D eigenvalue weighted by atomic mass is 32.1. The van der Waals surface area contributed by atoms with Crippen molar-refractivity contribution in [3.63, 3.8) is 0 Å². The number of carbonyl (C=O) groups is 1. The van der Waals surface area contributed by atoms with Crippen LogP contribution in [0.4, 0.5) is 0 Å². The molecule has 0 aliphatic heterocycles. The first-order chi connectivity index (χ1) is 8.69. The van der Waals surface area contributed by atoms with Crippen molar-refractivity contribution in [3.05, 3.63) is 16.1 Å². The van der Waals surface area contributed by atoms with Gasteiger partial charge in [0.15, 0.2) is 0 Å². The van der Waals surface area contributed by atoms with Gasteiger partial charge in [-0.1, -0.05) is 12.8 Å². The van der Waals surface area contributed by atoms with Crippen molar-refractivity contribution in [3.8, 4) is 0 Å². The molecule has 0 saturated heterocycles. The van der Waals surface area contributed by atoms with Crippen molar-refractivity contribution < 1.29 is 4.79 Å². The fourth-order valence-corrected chi connectivity index (χ4v) is 3.18. The molecule has 18 heavy (non-hydrogen) atoms. The van der Waals surface area contributed by atoms with E-state index in [2.05, 4.69) is 10.3 Å². The van der Waals surface area contributed by atoms with Gasteiger partial charge in [0.05, 0.1) is 10.5 Å². The zero-order chi connectivity index (χ0) is 13.0. The van der Waals surface area contributed by atoms with Crippen molar-refractivity contribution >= 4 is 17.2 Å². The van der Waals surface area contributed by atoms with Crippen molar-refractivity contribution in [2.24, 2.45) is 11.5 Å². The minimum Gasteiger partial charge on any atom is -0.344 e. The Morgan fingerprint density at radius 2 is 2.17 bits per heavy atom. The molecule has 1 aromatic heterocycles. The largest absolute Gasteiger partial charge is 0.344 e. The van der Waals surface area contributed by atoms with Gasteiger partial charge in [-0.2, -0.15) is 0 Å². The Kier molecular flexibility index (Phi) is 4.31. The van der Waals surface area contributed by atoms with E-state index in [1.807, 2.05) is 0 Å². The van der Waals surface area contributed by atoms with Crippen molar-refractivity contribution in [1.29, 1.82) is 0 Å². The molecule has 0 radical (unpaired) electrons. The molecule has 1 amide bonds. The molecule has 5 nitrogen and oxygen atoms in total. The fraction of sp³-hybridized carbons (Fsp3) is 0.667. The van der Waals surface area contributed by atoms with Crippen LogP contribution in [0, 0.1) is 0 Å². The summed E-state index contributed by atoms with van der Waals surface area (Å²) in [6.45, 7) is 1.06. The van der Waals surface area contributed by atoms with Gasteiger partial charge >= 0.3 is 0 Å². The molecule has 0 atom stereocenters. The molecule has 1 aliphatic rings. The van der Waals surface area contributed by atoms with E-state index in [1.165, 1.54) is 11.3 Å². The maximum Gasteiger partial charge on any atom is 0.271 e. The molecule has 1 aromatic rings. The highest BCUT2D eigenvalue weighted by Gasteiger charge is 2.34. The zero-order valence-corrected chi connectivity index (χ0v) is 11.3. The summed E-state index contributed by atoms with van der Waals surface area (Å²) in [6.07, 6.45) is 4.92. The lowest BCUT2D eigenvalue weighted by molar-refractivity contribution is 0.0898. The smallest absolute Gasteiger partial charge is 0.271 e. The molecule has 2 rings (SSSR count).